The van der Waals surface area contributed by atoms with E-state index in [0.717, 1.165) is 35.3 Å². The van der Waals surface area contributed by atoms with E-state index in [4.69, 9.17) is 4.74 Å². The molecule has 24 heavy (non-hydrogen) atoms. The lowest BCUT2D eigenvalue weighted by atomic mass is 9.81. The minimum Gasteiger partial charge on any atom is -0.506 e. The summed E-state index contributed by atoms with van der Waals surface area (Å²) in [5.74, 6) is 1.55. The molecule has 1 N–H and O–H groups in total. The van der Waals surface area contributed by atoms with Gasteiger partial charge in [0.05, 0.1) is 11.0 Å². The summed E-state index contributed by atoms with van der Waals surface area (Å²) in [6, 6.07) is 12.0. The third-order valence-electron chi connectivity index (χ3n) is 4.98. The molecular weight excluding hydrogens is 366 g/mol. The summed E-state index contributed by atoms with van der Waals surface area (Å²) >= 11 is 3.44. The first-order valence-electron chi connectivity index (χ1n) is 8.50. The number of benzene rings is 2. The van der Waals surface area contributed by atoms with Crippen molar-refractivity contribution >= 4 is 22.1 Å². The quantitative estimate of drug-likeness (QED) is 0.738. The number of phenolic OH excluding ortho intramolecular Hbond substituents is 1. The van der Waals surface area contributed by atoms with Gasteiger partial charge in [-0.05, 0) is 46.8 Å². The SMILES string of the molecule is Oc1c(Br)cc2c(c1C=NCc1ccccc1)[C@@H]1CCCC[C@H]1O2. The van der Waals surface area contributed by atoms with Gasteiger partial charge in [0.1, 0.15) is 17.6 Å². The number of nitrogens with zero attached hydrogens (tertiary/aromatic N) is 1. The molecule has 3 nitrogen and oxygen atoms in total. The summed E-state index contributed by atoms with van der Waals surface area (Å²) in [6.07, 6.45) is 6.73. The van der Waals surface area contributed by atoms with Crippen LogP contribution in [0.3, 0.4) is 0 Å². The van der Waals surface area contributed by atoms with Crippen LogP contribution in [0.15, 0.2) is 45.9 Å². The van der Waals surface area contributed by atoms with Gasteiger partial charge in [0.15, 0.2) is 0 Å². The average molecular weight is 386 g/mol. The van der Waals surface area contributed by atoms with Crippen LogP contribution in [0.2, 0.25) is 0 Å². The Morgan fingerprint density at radius 2 is 2.00 bits per heavy atom. The van der Waals surface area contributed by atoms with Crippen molar-refractivity contribution in [1.29, 1.82) is 0 Å². The van der Waals surface area contributed by atoms with E-state index in [-0.39, 0.29) is 11.9 Å². The smallest absolute Gasteiger partial charge is 0.139 e. The monoisotopic (exact) mass is 385 g/mol. The third kappa shape index (κ3) is 2.84. The fourth-order valence-corrected chi connectivity index (χ4v) is 4.24. The zero-order chi connectivity index (χ0) is 16.5. The lowest BCUT2D eigenvalue weighted by Crippen LogP contribution is -2.22. The summed E-state index contributed by atoms with van der Waals surface area (Å²) in [6.45, 7) is 0.608. The summed E-state index contributed by atoms with van der Waals surface area (Å²) in [5, 5.41) is 10.6. The van der Waals surface area contributed by atoms with Gasteiger partial charge in [-0.1, -0.05) is 36.8 Å². The zero-order valence-electron chi connectivity index (χ0n) is 13.4. The lowest BCUT2D eigenvalue weighted by molar-refractivity contribution is 0.164. The molecule has 0 saturated heterocycles. The van der Waals surface area contributed by atoms with Crippen molar-refractivity contribution in [3.63, 3.8) is 0 Å². The number of ether oxygens (including phenoxy) is 1. The van der Waals surface area contributed by atoms with Crippen molar-refractivity contribution in [2.24, 2.45) is 4.99 Å². The van der Waals surface area contributed by atoms with Crippen LogP contribution in [0, 0.1) is 0 Å². The Labute approximate surface area is 150 Å². The van der Waals surface area contributed by atoms with Gasteiger partial charge < -0.3 is 9.84 Å². The first kappa shape index (κ1) is 15.7. The van der Waals surface area contributed by atoms with Gasteiger partial charge in [-0.3, -0.25) is 4.99 Å². The molecule has 1 saturated carbocycles. The Balaban J connectivity index is 1.68. The Kier molecular flexibility index (Phi) is 4.31. The average Bonchev–Trinajstić information content (AvgIpc) is 2.97. The van der Waals surface area contributed by atoms with E-state index in [1.54, 1.807) is 0 Å². The maximum absolute atomic E-state index is 10.6. The highest BCUT2D eigenvalue weighted by atomic mass is 79.9. The van der Waals surface area contributed by atoms with Crippen molar-refractivity contribution in [3.8, 4) is 11.5 Å². The Bertz CT molecular complexity index is 773. The number of phenols is 1. The highest BCUT2D eigenvalue weighted by Crippen LogP contribution is 2.50. The Hall–Kier alpha value is -1.81. The molecule has 4 heteroatoms. The molecule has 124 valence electrons. The van der Waals surface area contributed by atoms with Crippen LogP contribution < -0.4 is 4.74 Å². The minimum absolute atomic E-state index is 0.253. The van der Waals surface area contributed by atoms with Crippen molar-refractivity contribution in [2.75, 3.05) is 0 Å². The molecule has 1 fully saturated rings. The van der Waals surface area contributed by atoms with Gasteiger partial charge in [0, 0.05) is 23.3 Å². The second-order valence-corrected chi connectivity index (χ2v) is 7.39. The van der Waals surface area contributed by atoms with Crippen molar-refractivity contribution < 1.29 is 9.84 Å². The van der Waals surface area contributed by atoms with Gasteiger partial charge >= 0.3 is 0 Å². The second kappa shape index (κ2) is 6.60. The molecule has 1 aliphatic heterocycles. The van der Waals surface area contributed by atoms with Gasteiger partial charge in [-0.2, -0.15) is 0 Å². The lowest BCUT2D eigenvalue weighted by Gasteiger charge is -2.24. The number of hydrogen-bond donors (Lipinski definition) is 1. The Morgan fingerprint density at radius 1 is 1.21 bits per heavy atom. The highest BCUT2D eigenvalue weighted by molar-refractivity contribution is 9.10. The fraction of sp³-hybridized carbons (Fsp3) is 0.350. The summed E-state index contributed by atoms with van der Waals surface area (Å²) in [5.41, 5.74) is 3.11. The molecule has 0 radical (unpaired) electrons. The molecule has 0 bridgehead atoms. The van der Waals surface area contributed by atoms with Crippen LogP contribution in [0.25, 0.3) is 0 Å². The number of aromatic hydroxyl groups is 1. The summed E-state index contributed by atoms with van der Waals surface area (Å²) in [7, 11) is 0. The van der Waals surface area contributed by atoms with E-state index in [9.17, 15) is 5.11 Å². The summed E-state index contributed by atoms with van der Waals surface area (Å²) in [4.78, 5) is 4.57. The fourth-order valence-electron chi connectivity index (χ4n) is 3.82. The molecule has 0 amide bonds. The maximum atomic E-state index is 10.6. The first-order valence-corrected chi connectivity index (χ1v) is 9.29. The standard InChI is InChI=1S/C20H20BrNO2/c21-16-10-18-19(14-8-4-5-9-17(14)24-18)15(20(16)23)12-22-11-13-6-2-1-3-7-13/h1-3,6-7,10,12,14,17,23H,4-5,8-9,11H2/t14-,17-/m1/s1. The van der Waals surface area contributed by atoms with E-state index in [0.29, 0.717) is 16.9 Å². The van der Waals surface area contributed by atoms with Crippen LogP contribution in [0.4, 0.5) is 0 Å². The van der Waals surface area contributed by atoms with Crippen LogP contribution in [0.1, 0.15) is 48.3 Å². The Morgan fingerprint density at radius 3 is 2.83 bits per heavy atom. The van der Waals surface area contributed by atoms with E-state index >= 15 is 0 Å². The molecule has 0 unspecified atom stereocenters. The minimum atomic E-state index is 0.253. The first-order chi connectivity index (χ1) is 11.7. The van der Waals surface area contributed by atoms with Crippen molar-refractivity contribution in [3.05, 3.63) is 57.6 Å². The molecular formula is C20H20BrNO2. The van der Waals surface area contributed by atoms with Crippen LogP contribution in [0.5, 0.6) is 11.5 Å². The zero-order valence-corrected chi connectivity index (χ0v) is 15.0. The largest absolute Gasteiger partial charge is 0.506 e. The molecule has 1 heterocycles. The van der Waals surface area contributed by atoms with E-state index < -0.39 is 0 Å². The predicted molar refractivity (Wildman–Crippen MR) is 99.2 cm³/mol. The maximum Gasteiger partial charge on any atom is 0.139 e. The van der Waals surface area contributed by atoms with Crippen molar-refractivity contribution in [2.45, 2.75) is 44.2 Å². The number of hydrogen-bond acceptors (Lipinski definition) is 3. The predicted octanol–water partition coefficient (Wildman–Crippen LogP) is 5.19. The van der Waals surface area contributed by atoms with Crippen molar-refractivity contribution in [1.82, 2.24) is 0 Å². The molecule has 4 rings (SSSR count). The number of aliphatic imine (C=N–C) groups is 1. The topological polar surface area (TPSA) is 41.8 Å². The van der Waals surface area contributed by atoms with Gasteiger partial charge in [-0.25, -0.2) is 0 Å². The summed E-state index contributed by atoms with van der Waals surface area (Å²) < 4.78 is 6.82. The highest BCUT2D eigenvalue weighted by Gasteiger charge is 2.39. The molecule has 2 aromatic rings. The van der Waals surface area contributed by atoms with E-state index in [2.05, 4.69) is 33.1 Å². The van der Waals surface area contributed by atoms with Gasteiger partial charge in [0.2, 0.25) is 0 Å². The number of fused-ring (bicyclic) bond motifs is 3. The number of halogens is 1. The third-order valence-corrected chi connectivity index (χ3v) is 5.59. The van der Waals surface area contributed by atoms with Gasteiger partial charge in [0.25, 0.3) is 0 Å². The molecule has 1 aliphatic carbocycles. The van der Waals surface area contributed by atoms with Crippen LogP contribution >= 0.6 is 15.9 Å². The molecule has 0 aromatic heterocycles. The normalized spacial score (nSPS) is 22.2. The second-order valence-electron chi connectivity index (χ2n) is 6.54. The van der Waals surface area contributed by atoms with E-state index in [1.165, 1.54) is 12.8 Å². The molecule has 2 aliphatic rings. The molecule has 0 spiro atoms. The van der Waals surface area contributed by atoms with Gasteiger partial charge in [-0.15, -0.1) is 0 Å². The molecule has 2 atom stereocenters. The molecule has 2 aromatic carbocycles. The number of rotatable bonds is 3. The van der Waals surface area contributed by atoms with E-state index in [1.807, 2.05) is 30.5 Å². The van der Waals surface area contributed by atoms with Crippen LogP contribution in [-0.4, -0.2) is 17.4 Å². The van der Waals surface area contributed by atoms with Crippen LogP contribution in [-0.2, 0) is 6.54 Å².